The molecular weight excluding hydrogens is 458 g/mol. The molecule has 2 fully saturated rings. The van der Waals surface area contributed by atoms with Gasteiger partial charge in [-0.25, -0.2) is 31.0 Å². The molecular formula is C21H24F2N4O5S. The van der Waals surface area contributed by atoms with Crippen LogP contribution >= 0.6 is 0 Å². The van der Waals surface area contributed by atoms with E-state index in [0.717, 1.165) is 37.3 Å². The Morgan fingerprint density at radius 3 is 2.27 bits per heavy atom. The fourth-order valence-corrected chi connectivity index (χ4v) is 4.93. The lowest BCUT2D eigenvalue weighted by Gasteiger charge is -2.29. The Hall–Kier alpha value is -2.86. The van der Waals surface area contributed by atoms with Crippen molar-refractivity contribution in [2.24, 2.45) is 0 Å². The van der Waals surface area contributed by atoms with Gasteiger partial charge in [-0.1, -0.05) is 6.07 Å². The Balaban J connectivity index is 1.54. The summed E-state index contributed by atoms with van der Waals surface area (Å²) in [6.07, 6.45) is 3.74. The summed E-state index contributed by atoms with van der Waals surface area (Å²) in [6.45, 7) is -0.310. The molecule has 0 atom stereocenters. The number of ether oxygens (including phenoxy) is 1. The number of nitrogens with zero attached hydrogens (tertiary/aromatic N) is 3. The minimum Gasteiger partial charge on any atom is -0.454 e. The number of ketones is 1. The summed E-state index contributed by atoms with van der Waals surface area (Å²) in [6, 6.07) is 3.07. The van der Waals surface area contributed by atoms with Gasteiger partial charge in [0.2, 0.25) is 15.8 Å². The number of benzene rings is 1. The van der Waals surface area contributed by atoms with Crippen LogP contribution in [0.3, 0.4) is 0 Å². The minimum atomic E-state index is -3.32. The lowest BCUT2D eigenvalue weighted by molar-refractivity contribution is 0.0471. The van der Waals surface area contributed by atoms with E-state index >= 15 is 0 Å². The van der Waals surface area contributed by atoms with Crippen molar-refractivity contribution in [3.8, 4) is 0 Å². The number of Topliss-reactive ketones (excluding diaryl/α,β-unsaturated/α-hetero) is 1. The molecule has 33 heavy (non-hydrogen) atoms. The monoisotopic (exact) mass is 482 g/mol. The number of aromatic nitrogens is 2. The highest BCUT2D eigenvalue weighted by molar-refractivity contribution is 7.88. The number of piperidine rings is 1. The number of nitrogen functional groups attached to an aromatic ring is 1. The Labute approximate surface area is 189 Å². The largest absolute Gasteiger partial charge is 0.454 e. The predicted molar refractivity (Wildman–Crippen MR) is 114 cm³/mol. The van der Waals surface area contributed by atoms with Gasteiger partial charge in [0.05, 0.1) is 23.6 Å². The van der Waals surface area contributed by atoms with E-state index in [4.69, 9.17) is 10.5 Å². The van der Waals surface area contributed by atoms with E-state index < -0.39 is 45.6 Å². The second kappa shape index (κ2) is 8.82. The molecule has 0 spiro atoms. The van der Waals surface area contributed by atoms with Crippen molar-refractivity contribution >= 4 is 27.6 Å². The average molecular weight is 483 g/mol. The van der Waals surface area contributed by atoms with Gasteiger partial charge < -0.3 is 10.5 Å². The van der Waals surface area contributed by atoms with E-state index in [9.17, 15) is 26.8 Å². The first-order chi connectivity index (χ1) is 15.6. The van der Waals surface area contributed by atoms with E-state index in [0.29, 0.717) is 18.5 Å². The number of hydrogen-bond acceptors (Lipinski definition) is 7. The van der Waals surface area contributed by atoms with Gasteiger partial charge in [0.1, 0.15) is 23.0 Å². The number of hydrogen-bond donors (Lipinski definition) is 1. The number of halogens is 2. The molecule has 2 aliphatic rings. The molecule has 1 saturated heterocycles. The average Bonchev–Trinajstić information content (AvgIpc) is 3.54. The zero-order valence-corrected chi connectivity index (χ0v) is 18.8. The quantitative estimate of drug-likeness (QED) is 0.474. The van der Waals surface area contributed by atoms with Crippen molar-refractivity contribution in [2.45, 2.75) is 37.6 Å². The number of anilines is 1. The molecule has 0 radical (unpaired) electrons. The lowest BCUT2D eigenvalue weighted by Crippen LogP contribution is -2.37. The van der Waals surface area contributed by atoms with Crippen molar-refractivity contribution in [3.63, 3.8) is 0 Å². The number of sulfonamides is 1. The Morgan fingerprint density at radius 2 is 1.73 bits per heavy atom. The Kier molecular flexibility index (Phi) is 6.23. The summed E-state index contributed by atoms with van der Waals surface area (Å²) in [4.78, 5) is 25.2. The summed E-state index contributed by atoms with van der Waals surface area (Å²) in [7, 11) is -3.32. The summed E-state index contributed by atoms with van der Waals surface area (Å²) in [5.74, 6) is -4.15. The fourth-order valence-electron chi connectivity index (χ4n) is 4.06. The van der Waals surface area contributed by atoms with Gasteiger partial charge >= 0.3 is 5.97 Å². The summed E-state index contributed by atoms with van der Waals surface area (Å²) in [5.41, 5.74) is 5.83. The molecule has 0 amide bonds. The zero-order valence-electron chi connectivity index (χ0n) is 18.0. The molecule has 0 unspecified atom stereocenters. The minimum absolute atomic E-state index is 0.0153. The topological polar surface area (TPSA) is 125 Å². The van der Waals surface area contributed by atoms with Gasteiger partial charge in [0, 0.05) is 19.0 Å². The van der Waals surface area contributed by atoms with E-state index in [1.165, 1.54) is 4.31 Å². The summed E-state index contributed by atoms with van der Waals surface area (Å²) >= 11 is 0. The standard InChI is InChI=1S/C21H24F2N4O5S/c1-33(30,31)26-9-7-12(8-10-26)19-18(20(24)27(25-19)13-5-6-13)21(29)32-11-16(28)17-14(22)3-2-4-15(17)23/h2-4,12-13H,5-11,24H2,1H3. The van der Waals surface area contributed by atoms with Crippen molar-refractivity contribution in [1.29, 1.82) is 0 Å². The maximum Gasteiger partial charge on any atom is 0.344 e. The van der Waals surface area contributed by atoms with Crippen molar-refractivity contribution in [1.82, 2.24) is 14.1 Å². The van der Waals surface area contributed by atoms with Crippen LogP contribution in [-0.4, -0.2) is 60.2 Å². The first-order valence-electron chi connectivity index (χ1n) is 10.5. The SMILES string of the molecule is CS(=O)(=O)N1CCC(c2nn(C3CC3)c(N)c2C(=O)OCC(=O)c2c(F)cccc2F)CC1. The highest BCUT2D eigenvalue weighted by Crippen LogP contribution is 2.40. The molecule has 2 N–H and O–H groups in total. The fraction of sp³-hybridized carbons (Fsp3) is 0.476. The number of esters is 1. The van der Waals surface area contributed by atoms with Crippen LogP contribution in [0.25, 0.3) is 0 Å². The van der Waals surface area contributed by atoms with Crippen LogP contribution in [0.1, 0.15) is 64.1 Å². The number of nitrogens with two attached hydrogens (primary N) is 1. The van der Waals surface area contributed by atoms with Crippen LogP contribution in [0, 0.1) is 11.6 Å². The number of rotatable bonds is 7. The van der Waals surface area contributed by atoms with E-state index in [1.807, 2.05) is 0 Å². The first kappa shape index (κ1) is 23.3. The normalized spacial score (nSPS) is 17.8. The smallest absolute Gasteiger partial charge is 0.344 e. The zero-order chi connectivity index (χ0) is 23.9. The summed E-state index contributed by atoms with van der Waals surface area (Å²) < 4.78 is 59.3. The molecule has 1 saturated carbocycles. The van der Waals surface area contributed by atoms with Gasteiger partial charge in [-0.3, -0.25) is 4.79 Å². The molecule has 1 aromatic heterocycles. The molecule has 1 aliphatic heterocycles. The predicted octanol–water partition coefficient (Wildman–Crippen LogP) is 2.26. The molecule has 2 heterocycles. The van der Waals surface area contributed by atoms with Gasteiger partial charge in [-0.15, -0.1) is 0 Å². The first-order valence-corrected chi connectivity index (χ1v) is 12.4. The van der Waals surface area contributed by atoms with E-state index in [2.05, 4.69) is 5.10 Å². The third-order valence-electron chi connectivity index (χ3n) is 5.96. The van der Waals surface area contributed by atoms with Gasteiger partial charge in [-0.05, 0) is 37.8 Å². The molecule has 178 valence electrons. The molecule has 12 heteroatoms. The van der Waals surface area contributed by atoms with Crippen LogP contribution in [0.2, 0.25) is 0 Å². The second-order valence-electron chi connectivity index (χ2n) is 8.35. The van der Waals surface area contributed by atoms with Gasteiger partial charge in [0.25, 0.3) is 0 Å². The van der Waals surface area contributed by atoms with Crippen molar-refractivity contribution in [2.75, 3.05) is 31.7 Å². The lowest BCUT2D eigenvalue weighted by atomic mass is 9.92. The van der Waals surface area contributed by atoms with E-state index in [1.54, 1.807) is 4.68 Å². The van der Waals surface area contributed by atoms with Gasteiger partial charge in [0.15, 0.2) is 6.61 Å². The molecule has 1 aromatic carbocycles. The highest BCUT2D eigenvalue weighted by Gasteiger charge is 2.36. The third-order valence-corrected chi connectivity index (χ3v) is 7.26. The molecule has 4 rings (SSSR count). The molecule has 1 aliphatic carbocycles. The van der Waals surface area contributed by atoms with E-state index in [-0.39, 0.29) is 36.4 Å². The molecule has 2 aromatic rings. The summed E-state index contributed by atoms with van der Waals surface area (Å²) in [5, 5.41) is 4.54. The van der Waals surface area contributed by atoms with Crippen LogP contribution in [0.15, 0.2) is 18.2 Å². The van der Waals surface area contributed by atoms with Crippen LogP contribution in [-0.2, 0) is 14.8 Å². The highest BCUT2D eigenvalue weighted by atomic mass is 32.2. The third kappa shape index (κ3) is 4.76. The van der Waals surface area contributed by atoms with Crippen molar-refractivity contribution < 1.29 is 31.5 Å². The maximum atomic E-state index is 13.9. The second-order valence-corrected chi connectivity index (χ2v) is 10.3. The Bertz CT molecular complexity index is 1180. The van der Waals surface area contributed by atoms with Crippen LogP contribution in [0.4, 0.5) is 14.6 Å². The molecule has 9 nitrogen and oxygen atoms in total. The number of carbonyl (C=O) groups is 2. The van der Waals surface area contributed by atoms with Crippen LogP contribution < -0.4 is 5.73 Å². The van der Waals surface area contributed by atoms with Crippen LogP contribution in [0.5, 0.6) is 0 Å². The maximum absolute atomic E-state index is 13.9. The Morgan fingerprint density at radius 1 is 1.12 bits per heavy atom. The molecule has 0 bridgehead atoms. The van der Waals surface area contributed by atoms with Gasteiger partial charge in [-0.2, -0.15) is 5.10 Å². The van der Waals surface area contributed by atoms with Crippen molar-refractivity contribution in [3.05, 3.63) is 46.7 Å². The number of carbonyl (C=O) groups excluding carboxylic acids is 2.